The van der Waals surface area contributed by atoms with Gasteiger partial charge in [0.25, 0.3) is 0 Å². The van der Waals surface area contributed by atoms with Crippen LogP contribution in [0.5, 0.6) is 0 Å². The molecule has 0 aliphatic carbocycles. The van der Waals surface area contributed by atoms with Gasteiger partial charge in [0.05, 0.1) is 23.6 Å². The van der Waals surface area contributed by atoms with Crippen LogP contribution in [0.3, 0.4) is 0 Å². The lowest BCUT2D eigenvalue weighted by atomic mass is 10.1. The molecule has 27 heavy (non-hydrogen) atoms. The van der Waals surface area contributed by atoms with Crippen LogP contribution in [0.1, 0.15) is 37.1 Å². The van der Waals surface area contributed by atoms with Gasteiger partial charge in [0.1, 0.15) is 11.4 Å². The van der Waals surface area contributed by atoms with Gasteiger partial charge in [0, 0.05) is 19.3 Å². The van der Waals surface area contributed by atoms with Gasteiger partial charge in [0.15, 0.2) is 0 Å². The van der Waals surface area contributed by atoms with Crippen LogP contribution in [0.15, 0.2) is 12.4 Å². The fourth-order valence-corrected chi connectivity index (χ4v) is 3.33. The number of nitrogens with one attached hydrogen (secondary N) is 2. The van der Waals surface area contributed by atoms with E-state index in [1.807, 2.05) is 11.6 Å². The van der Waals surface area contributed by atoms with Gasteiger partial charge in [-0.05, 0) is 40.3 Å². The average Bonchev–Trinajstić information content (AvgIpc) is 2.95. The SMILES string of the molecule is CCNc1nc(Nc2cnn([C@H]3CCCN(C)C3)c2C)ncc1C(F)(F)F. The zero-order valence-electron chi connectivity index (χ0n) is 15.6. The van der Waals surface area contributed by atoms with E-state index < -0.39 is 11.7 Å². The molecule has 10 heteroatoms. The maximum absolute atomic E-state index is 13.1. The molecule has 1 saturated heterocycles. The number of nitrogens with zero attached hydrogens (tertiary/aromatic N) is 5. The molecule has 1 aliphatic heterocycles. The number of piperidine rings is 1. The van der Waals surface area contributed by atoms with Crippen LogP contribution in [-0.2, 0) is 6.18 Å². The van der Waals surface area contributed by atoms with Gasteiger partial charge < -0.3 is 15.5 Å². The van der Waals surface area contributed by atoms with Crippen molar-refractivity contribution >= 4 is 17.5 Å². The third-order valence-electron chi connectivity index (χ3n) is 4.68. The summed E-state index contributed by atoms with van der Waals surface area (Å²) in [7, 11) is 2.09. The van der Waals surface area contributed by atoms with Crippen molar-refractivity contribution in [1.82, 2.24) is 24.6 Å². The molecule has 3 heterocycles. The molecular weight excluding hydrogens is 359 g/mol. The summed E-state index contributed by atoms with van der Waals surface area (Å²) in [6.45, 7) is 5.97. The van der Waals surface area contributed by atoms with E-state index in [1.54, 1.807) is 13.1 Å². The highest BCUT2D eigenvalue weighted by atomic mass is 19.4. The molecule has 7 nitrogen and oxygen atoms in total. The summed E-state index contributed by atoms with van der Waals surface area (Å²) in [6.07, 6.45) is 0.107. The number of hydrogen-bond donors (Lipinski definition) is 2. The Labute approximate surface area is 156 Å². The minimum absolute atomic E-state index is 0.0994. The summed E-state index contributed by atoms with van der Waals surface area (Å²) in [5, 5.41) is 10.1. The summed E-state index contributed by atoms with van der Waals surface area (Å²) in [5.74, 6) is -0.135. The van der Waals surface area contributed by atoms with E-state index in [2.05, 4.69) is 37.6 Å². The van der Waals surface area contributed by atoms with Crippen LogP contribution >= 0.6 is 0 Å². The zero-order valence-corrected chi connectivity index (χ0v) is 15.6. The van der Waals surface area contributed by atoms with Crippen molar-refractivity contribution in [3.63, 3.8) is 0 Å². The minimum atomic E-state index is -4.51. The number of aromatic nitrogens is 4. The number of likely N-dealkylation sites (N-methyl/N-ethyl adjacent to an activating group) is 1. The zero-order chi connectivity index (χ0) is 19.6. The maximum Gasteiger partial charge on any atom is 0.421 e. The molecule has 2 aromatic rings. The maximum atomic E-state index is 13.1. The lowest BCUT2D eigenvalue weighted by Crippen LogP contribution is -2.34. The van der Waals surface area contributed by atoms with Crippen LogP contribution < -0.4 is 10.6 Å². The van der Waals surface area contributed by atoms with Crippen molar-refractivity contribution in [1.29, 1.82) is 0 Å². The second kappa shape index (κ2) is 7.71. The first kappa shape index (κ1) is 19.4. The van der Waals surface area contributed by atoms with Crippen LogP contribution in [0.2, 0.25) is 0 Å². The second-order valence-corrected chi connectivity index (χ2v) is 6.76. The third-order valence-corrected chi connectivity index (χ3v) is 4.68. The van der Waals surface area contributed by atoms with Crippen LogP contribution in [-0.4, -0.2) is 51.3 Å². The molecule has 1 aliphatic rings. The smallest absolute Gasteiger partial charge is 0.370 e. The number of hydrogen-bond acceptors (Lipinski definition) is 6. The summed E-state index contributed by atoms with van der Waals surface area (Å²) < 4.78 is 41.2. The Kier molecular flexibility index (Phi) is 5.54. The lowest BCUT2D eigenvalue weighted by molar-refractivity contribution is -0.137. The molecule has 1 fully saturated rings. The first-order chi connectivity index (χ1) is 12.8. The second-order valence-electron chi connectivity index (χ2n) is 6.76. The topological polar surface area (TPSA) is 70.9 Å². The fourth-order valence-electron chi connectivity index (χ4n) is 3.33. The molecule has 3 rings (SSSR count). The molecule has 2 aromatic heterocycles. The fraction of sp³-hybridized carbons (Fsp3) is 0.588. The van der Waals surface area contributed by atoms with Crippen molar-refractivity contribution in [2.75, 3.05) is 37.3 Å². The van der Waals surface area contributed by atoms with Gasteiger partial charge in [-0.15, -0.1) is 0 Å². The third kappa shape index (κ3) is 4.32. The number of anilines is 3. The molecule has 0 saturated carbocycles. The van der Waals surface area contributed by atoms with Crippen LogP contribution in [0.25, 0.3) is 0 Å². The summed E-state index contributed by atoms with van der Waals surface area (Å²) in [5.41, 5.74) is 0.710. The van der Waals surface area contributed by atoms with E-state index in [9.17, 15) is 13.2 Å². The average molecular weight is 383 g/mol. The number of rotatable bonds is 5. The van der Waals surface area contributed by atoms with Gasteiger partial charge >= 0.3 is 6.18 Å². The summed E-state index contributed by atoms with van der Waals surface area (Å²) in [4.78, 5) is 10.1. The molecule has 2 N–H and O–H groups in total. The molecular formula is C17H24F3N7. The van der Waals surface area contributed by atoms with E-state index in [0.717, 1.165) is 37.8 Å². The van der Waals surface area contributed by atoms with Gasteiger partial charge in [-0.25, -0.2) is 4.98 Å². The van der Waals surface area contributed by atoms with Crippen molar-refractivity contribution in [3.8, 4) is 0 Å². The van der Waals surface area contributed by atoms with Crippen molar-refractivity contribution in [2.24, 2.45) is 0 Å². The molecule has 0 aromatic carbocycles. The van der Waals surface area contributed by atoms with Crippen LogP contribution in [0, 0.1) is 6.92 Å². The van der Waals surface area contributed by atoms with Crippen molar-refractivity contribution in [3.05, 3.63) is 23.7 Å². The molecule has 0 spiro atoms. The molecule has 148 valence electrons. The lowest BCUT2D eigenvalue weighted by Gasteiger charge is -2.30. The molecule has 0 bridgehead atoms. The molecule has 0 unspecified atom stereocenters. The Hall–Kier alpha value is -2.36. The largest absolute Gasteiger partial charge is 0.421 e. The predicted octanol–water partition coefficient (Wildman–Crippen LogP) is 3.44. The minimum Gasteiger partial charge on any atom is -0.370 e. The Balaban J connectivity index is 1.82. The van der Waals surface area contributed by atoms with Crippen molar-refractivity contribution in [2.45, 2.75) is 38.9 Å². The monoisotopic (exact) mass is 383 g/mol. The van der Waals surface area contributed by atoms with E-state index in [4.69, 9.17) is 0 Å². The summed E-state index contributed by atoms with van der Waals surface area (Å²) in [6, 6.07) is 0.283. The Bertz CT molecular complexity index is 787. The van der Waals surface area contributed by atoms with Gasteiger partial charge in [-0.1, -0.05) is 0 Å². The van der Waals surface area contributed by atoms with Crippen LogP contribution in [0.4, 0.5) is 30.6 Å². The normalized spacial score (nSPS) is 18.5. The molecule has 0 radical (unpaired) electrons. The Morgan fingerprint density at radius 3 is 2.74 bits per heavy atom. The highest BCUT2D eigenvalue weighted by Crippen LogP contribution is 2.34. The van der Waals surface area contributed by atoms with E-state index in [0.29, 0.717) is 12.2 Å². The molecule has 0 amide bonds. The predicted molar refractivity (Wildman–Crippen MR) is 97.2 cm³/mol. The first-order valence-corrected chi connectivity index (χ1v) is 8.97. The summed E-state index contributed by atoms with van der Waals surface area (Å²) >= 11 is 0. The highest BCUT2D eigenvalue weighted by Gasteiger charge is 2.35. The van der Waals surface area contributed by atoms with E-state index in [-0.39, 0.29) is 17.8 Å². The Morgan fingerprint density at radius 1 is 1.30 bits per heavy atom. The highest BCUT2D eigenvalue weighted by molar-refractivity contribution is 5.58. The number of halogens is 3. The quantitative estimate of drug-likeness (QED) is 0.824. The number of likely N-dealkylation sites (tertiary alicyclic amines) is 1. The van der Waals surface area contributed by atoms with E-state index >= 15 is 0 Å². The van der Waals surface area contributed by atoms with Gasteiger partial charge in [0.2, 0.25) is 5.95 Å². The molecule has 1 atom stereocenters. The number of alkyl halides is 3. The Morgan fingerprint density at radius 2 is 2.07 bits per heavy atom. The van der Waals surface area contributed by atoms with Gasteiger partial charge in [-0.3, -0.25) is 4.68 Å². The van der Waals surface area contributed by atoms with Gasteiger partial charge in [-0.2, -0.15) is 23.3 Å². The standard InChI is InChI=1S/C17H24F3N7/c1-4-21-15-13(17(18,19)20)8-22-16(25-15)24-14-9-23-27(11(14)2)12-6-5-7-26(3)10-12/h8-9,12H,4-7,10H2,1-3H3,(H2,21,22,24,25)/t12-/m0/s1. The van der Waals surface area contributed by atoms with Crippen molar-refractivity contribution < 1.29 is 13.2 Å². The van der Waals surface area contributed by atoms with E-state index in [1.165, 1.54) is 0 Å². The first-order valence-electron chi connectivity index (χ1n) is 8.97.